The molecule has 0 saturated heterocycles. The van der Waals surface area contributed by atoms with Gasteiger partial charge in [-0.05, 0) is 72.2 Å². The van der Waals surface area contributed by atoms with Crippen LogP contribution < -0.4 is 0 Å². The molecule has 0 atom stereocenters. The smallest absolute Gasteiger partial charge is 0.115 e. The van der Waals surface area contributed by atoms with Gasteiger partial charge in [-0.1, -0.05) is 164 Å². The summed E-state index contributed by atoms with van der Waals surface area (Å²) in [7, 11) is 0. The molecule has 0 radical (unpaired) electrons. The highest BCUT2D eigenvalue weighted by atomic mass is 15.2. The number of rotatable bonds is 0. The topological polar surface area (TPSA) is 81.8 Å². The molecule has 0 saturated carbocycles. The Kier molecular flexibility index (Phi) is 88.3. The third-order valence-electron chi connectivity index (χ3n) is 2.83. The van der Waals surface area contributed by atoms with Gasteiger partial charge in [0.1, 0.15) is 6.33 Å². The van der Waals surface area contributed by atoms with E-state index >= 15 is 0 Å². The SMILES string of the molecule is CC.CC.CC.CC.CC.CC(C)C.CC(C)C.CC(C)C.CC(C)C.c1ccn2nccc2c1.c1ccncc1.c1ccnnc1.c1cncnc1. The molecule has 7 nitrogen and oxygen atoms in total. The van der Waals surface area contributed by atoms with Crippen molar-refractivity contribution < 1.29 is 0 Å². The van der Waals surface area contributed by atoms with Gasteiger partial charge in [-0.2, -0.15) is 15.3 Å². The summed E-state index contributed by atoms with van der Waals surface area (Å²) >= 11 is 0. The van der Waals surface area contributed by atoms with Gasteiger partial charge in [0, 0.05) is 49.6 Å². The quantitative estimate of drug-likeness (QED) is 0.157. The zero-order chi connectivity index (χ0) is 43.1. The van der Waals surface area contributed by atoms with Crippen LogP contribution in [0.25, 0.3) is 5.52 Å². The van der Waals surface area contributed by atoms with Crippen LogP contribution in [0.1, 0.15) is 152 Å². The van der Waals surface area contributed by atoms with E-state index in [1.165, 1.54) is 6.33 Å². The Labute approximate surface area is 332 Å². The van der Waals surface area contributed by atoms with Crippen LogP contribution in [0.15, 0.2) is 117 Å². The summed E-state index contributed by atoms with van der Waals surface area (Å²) in [6.07, 6.45) is 15.4. The summed E-state index contributed by atoms with van der Waals surface area (Å²) in [5.74, 6) is 3.33. The van der Waals surface area contributed by atoms with Crippen molar-refractivity contribution in [3.05, 3.63) is 117 Å². The lowest BCUT2D eigenvalue weighted by Gasteiger charge is -1.86. The zero-order valence-electron chi connectivity index (χ0n) is 38.9. The minimum atomic E-state index is 0.833. The number of fused-ring (bicyclic) bond motifs is 1. The minimum absolute atomic E-state index is 0.833. The van der Waals surface area contributed by atoms with Gasteiger partial charge in [0.2, 0.25) is 0 Å². The predicted molar refractivity (Wildman–Crippen MR) is 242 cm³/mol. The van der Waals surface area contributed by atoms with E-state index in [1.54, 1.807) is 49.4 Å². The lowest BCUT2D eigenvalue weighted by Crippen LogP contribution is -1.81. The third kappa shape index (κ3) is 106. The highest BCUT2D eigenvalue weighted by Gasteiger charge is 1.85. The van der Waals surface area contributed by atoms with Gasteiger partial charge in [-0.15, -0.1) is 0 Å². The molecule has 0 N–H and O–H groups in total. The Morgan fingerprint density at radius 2 is 0.698 bits per heavy atom. The number of aromatic nitrogens is 7. The first kappa shape index (κ1) is 67.2. The van der Waals surface area contributed by atoms with Crippen LogP contribution >= 0.6 is 0 Å². The summed E-state index contributed by atoms with van der Waals surface area (Å²) in [5.41, 5.74) is 1.14. The van der Waals surface area contributed by atoms with E-state index in [0.717, 1.165) is 29.2 Å². The van der Waals surface area contributed by atoms with Crippen molar-refractivity contribution in [3.63, 3.8) is 0 Å². The molecule has 0 aliphatic carbocycles. The first-order valence-corrected chi connectivity index (χ1v) is 20.0. The normalized spacial score (nSPS) is 7.74. The van der Waals surface area contributed by atoms with Crippen LogP contribution in [0.4, 0.5) is 0 Å². The van der Waals surface area contributed by atoms with E-state index < -0.39 is 0 Å². The second-order valence-electron chi connectivity index (χ2n) is 11.7. The van der Waals surface area contributed by atoms with Gasteiger partial charge in [-0.3, -0.25) is 4.98 Å². The second kappa shape index (κ2) is 69.7. The Bertz CT molecular complexity index is 897. The van der Waals surface area contributed by atoms with Crippen molar-refractivity contribution in [2.24, 2.45) is 23.7 Å². The molecule has 53 heavy (non-hydrogen) atoms. The van der Waals surface area contributed by atoms with Gasteiger partial charge in [-0.25, -0.2) is 14.5 Å². The fourth-order valence-corrected chi connectivity index (χ4v) is 1.69. The highest BCUT2D eigenvalue weighted by Crippen LogP contribution is 1.98. The Morgan fingerprint density at radius 1 is 0.358 bits per heavy atom. The maximum Gasteiger partial charge on any atom is 0.115 e. The van der Waals surface area contributed by atoms with Crippen molar-refractivity contribution in [2.45, 2.75) is 152 Å². The molecule has 0 aromatic carbocycles. The van der Waals surface area contributed by atoms with Crippen molar-refractivity contribution >= 4 is 5.52 Å². The second-order valence-corrected chi connectivity index (χ2v) is 11.7. The zero-order valence-corrected chi connectivity index (χ0v) is 38.9. The molecule has 5 rings (SSSR count). The Morgan fingerprint density at radius 3 is 0.906 bits per heavy atom. The van der Waals surface area contributed by atoms with E-state index in [1.807, 2.05) is 135 Å². The van der Waals surface area contributed by atoms with Crippen LogP contribution in [-0.2, 0) is 0 Å². The van der Waals surface area contributed by atoms with Gasteiger partial charge in [0.25, 0.3) is 0 Å². The largest absolute Gasteiger partial charge is 0.265 e. The van der Waals surface area contributed by atoms with Crippen LogP contribution in [-0.4, -0.2) is 34.8 Å². The lowest BCUT2D eigenvalue weighted by atomic mass is 10.3. The van der Waals surface area contributed by atoms with E-state index in [0.29, 0.717) is 0 Å². The molecule has 0 unspecified atom stereocenters. The highest BCUT2D eigenvalue weighted by molar-refractivity contribution is 5.44. The summed E-state index contributed by atoms with van der Waals surface area (Å²) in [5, 5.41) is 11.1. The predicted octanol–water partition coefficient (Wildman–Crippen LogP) is 15.1. The summed E-state index contributed by atoms with van der Waals surface area (Å²) in [4.78, 5) is 11.1. The Balaban J connectivity index is -0.0000000715. The molecule has 0 fully saturated rings. The van der Waals surface area contributed by atoms with Crippen LogP contribution in [0.5, 0.6) is 0 Å². The average Bonchev–Trinajstić information content (AvgIpc) is 3.67. The van der Waals surface area contributed by atoms with Gasteiger partial charge >= 0.3 is 0 Å². The van der Waals surface area contributed by atoms with Crippen LogP contribution in [0.3, 0.4) is 0 Å². The third-order valence-corrected chi connectivity index (χ3v) is 2.83. The maximum atomic E-state index is 4.04. The number of nitrogens with zero attached hydrogens (tertiary/aromatic N) is 7. The lowest BCUT2D eigenvalue weighted by molar-refractivity contribution is 0.736. The van der Waals surface area contributed by atoms with Crippen molar-refractivity contribution in [2.75, 3.05) is 0 Å². The molecule has 0 aliphatic heterocycles. The summed E-state index contributed by atoms with van der Waals surface area (Å²) < 4.78 is 1.83. The molecule has 5 heterocycles. The first-order valence-electron chi connectivity index (χ1n) is 20.0. The monoisotopic (exact) mass is 740 g/mol. The van der Waals surface area contributed by atoms with Gasteiger partial charge in [0.05, 0.1) is 5.52 Å². The molecule has 0 bridgehead atoms. The molecule has 0 spiro atoms. The number of hydrogen-bond donors (Lipinski definition) is 0. The van der Waals surface area contributed by atoms with E-state index in [4.69, 9.17) is 0 Å². The number of pyridine rings is 2. The standard InChI is InChI=1S/C7H6N2.C5H5N.2C4H4N2.4C4H10.5C2H6/c1-2-6-9-7(3-1)4-5-8-9;1-2-4-6-5-3-1;1-2-5-4-6-3-1;1-2-4-6-5-3-1;4*1-4(2)3;5*1-2/h1-6H;1-5H;2*1-4H;4*4H,1-3H3;5*1-2H3. The molecule has 5 aromatic heterocycles. The molecule has 0 aliphatic rings. The molecule has 308 valence electrons. The fraction of sp³-hybridized carbons (Fsp3) is 0.565. The van der Waals surface area contributed by atoms with E-state index in [2.05, 4.69) is 113 Å². The van der Waals surface area contributed by atoms with Crippen LogP contribution in [0.2, 0.25) is 0 Å². The Hall–Kier alpha value is -4.00. The van der Waals surface area contributed by atoms with E-state index in [9.17, 15) is 0 Å². The maximum absolute atomic E-state index is 4.04. The molecule has 7 heteroatoms. The average molecular weight is 740 g/mol. The van der Waals surface area contributed by atoms with Crippen molar-refractivity contribution in [1.29, 1.82) is 0 Å². The number of hydrogen-bond acceptors (Lipinski definition) is 6. The molecular weight excluding hydrogens is 651 g/mol. The van der Waals surface area contributed by atoms with Crippen molar-refractivity contribution in [3.8, 4) is 0 Å². The van der Waals surface area contributed by atoms with Crippen molar-refractivity contribution in [1.82, 2.24) is 34.8 Å². The summed E-state index contributed by atoms with van der Waals surface area (Å²) in [6, 6.07) is 19.1. The van der Waals surface area contributed by atoms with Gasteiger partial charge in [0.15, 0.2) is 0 Å². The summed E-state index contributed by atoms with van der Waals surface area (Å²) in [6.45, 7) is 46.0. The molecular formula is C46H89N7. The molecule has 5 aromatic rings. The van der Waals surface area contributed by atoms with Crippen LogP contribution in [0, 0.1) is 23.7 Å². The first-order chi connectivity index (χ1) is 25.4. The van der Waals surface area contributed by atoms with E-state index in [-0.39, 0.29) is 0 Å². The van der Waals surface area contributed by atoms with Gasteiger partial charge < -0.3 is 0 Å². The molecule has 0 amide bonds. The minimum Gasteiger partial charge on any atom is -0.265 e. The fourth-order valence-electron chi connectivity index (χ4n) is 1.69.